The minimum atomic E-state index is -4.64. The molecule has 0 spiro atoms. The standard InChI is InChI=1S/C20H16ClF3N4O2/c1-11(30-16-9-13(21)10-26-18(16)25)12-4-2-5-14(8-12)27-19(29)15-6-3-7-17(28-15)20(22,23)24/h2-11H,1H3,(H2,25,26)(H,27,29). The van der Waals surface area contributed by atoms with Crippen molar-refractivity contribution in [2.75, 3.05) is 11.1 Å². The largest absolute Gasteiger partial charge is 0.482 e. The van der Waals surface area contributed by atoms with Gasteiger partial charge in [-0.15, -0.1) is 0 Å². The third-order valence-corrected chi connectivity index (χ3v) is 4.24. The molecule has 0 bridgehead atoms. The number of alkyl halides is 3. The normalized spacial score (nSPS) is 12.3. The Bertz CT molecular complexity index is 1080. The summed E-state index contributed by atoms with van der Waals surface area (Å²) < 4.78 is 44.2. The van der Waals surface area contributed by atoms with Gasteiger partial charge in [0, 0.05) is 18.0 Å². The molecular weight excluding hydrogens is 421 g/mol. The molecule has 0 aliphatic rings. The first-order valence-electron chi connectivity index (χ1n) is 8.67. The number of amides is 1. The summed E-state index contributed by atoms with van der Waals surface area (Å²) in [7, 11) is 0. The fourth-order valence-electron chi connectivity index (χ4n) is 2.57. The Morgan fingerprint density at radius 2 is 1.93 bits per heavy atom. The highest BCUT2D eigenvalue weighted by atomic mass is 35.5. The maximum Gasteiger partial charge on any atom is 0.433 e. The van der Waals surface area contributed by atoms with Crippen molar-refractivity contribution in [2.24, 2.45) is 0 Å². The van der Waals surface area contributed by atoms with Crippen LogP contribution in [-0.4, -0.2) is 15.9 Å². The van der Waals surface area contributed by atoms with E-state index in [2.05, 4.69) is 15.3 Å². The van der Waals surface area contributed by atoms with Gasteiger partial charge in [-0.25, -0.2) is 9.97 Å². The van der Waals surface area contributed by atoms with Crippen LogP contribution in [0.15, 0.2) is 54.7 Å². The fourth-order valence-corrected chi connectivity index (χ4v) is 2.72. The molecule has 2 heterocycles. The molecule has 1 aromatic carbocycles. The number of nitrogens with one attached hydrogen (secondary N) is 1. The molecular formula is C20H16ClF3N4O2. The van der Waals surface area contributed by atoms with Crippen molar-refractivity contribution < 1.29 is 22.7 Å². The summed E-state index contributed by atoms with van der Waals surface area (Å²) in [5.41, 5.74) is 5.34. The monoisotopic (exact) mass is 436 g/mol. The van der Waals surface area contributed by atoms with Crippen LogP contribution in [0.25, 0.3) is 0 Å². The highest BCUT2D eigenvalue weighted by molar-refractivity contribution is 6.30. The Labute approximate surface area is 174 Å². The summed E-state index contributed by atoms with van der Waals surface area (Å²) >= 11 is 5.90. The highest BCUT2D eigenvalue weighted by Gasteiger charge is 2.32. The number of nitrogens with two attached hydrogens (primary N) is 1. The third-order valence-electron chi connectivity index (χ3n) is 4.04. The lowest BCUT2D eigenvalue weighted by Gasteiger charge is -2.17. The number of benzene rings is 1. The molecule has 0 aliphatic heterocycles. The molecule has 3 rings (SSSR count). The van der Waals surface area contributed by atoms with E-state index in [4.69, 9.17) is 22.1 Å². The van der Waals surface area contributed by atoms with Crippen LogP contribution in [-0.2, 0) is 6.18 Å². The molecule has 1 unspecified atom stereocenters. The molecule has 0 radical (unpaired) electrons. The van der Waals surface area contributed by atoms with E-state index >= 15 is 0 Å². The number of halogens is 4. The minimum Gasteiger partial charge on any atom is -0.482 e. The number of pyridine rings is 2. The first kappa shape index (κ1) is 21.4. The van der Waals surface area contributed by atoms with Gasteiger partial charge in [-0.2, -0.15) is 13.2 Å². The van der Waals surface area contributed by atoms with Gasteiger partial charge in [-0.1, -0.05) is 29.8 Å². The number of nitrogen functional groups attached to an aromatic ring is 1. The van der Waals surface area contributed by atoms with Crippen molar-refractivity contribution in [3.05, 3.63) is 76.7 Å². The maximum atomic E-state index is 12.8. The predicted molar refractivity (Wildman–Crippen MR) is 106 cm³/mol. The van der Waals surface area contributed by atoms with E-state index in [1.54, 1.807) is 31.2 Å². The van der Waals surface area contributed by atoms with Crippen LogP contribution in [0, 0.1) is 0 Å². The van der Waals surface area contributed by atoms with Gasteiger partial charge in [0.1, 0.15) is 17.5 Å². The molecule has 0 fully saturated rings. The highest BCUT2D eigenvalue weighted by Crippen LogP contribution is 2.30. The molecule has 1 atom stereocenters. The van der Waals surface area contributed by atoms with Gasteiger partial charge in [0.05, 0.1) is 5.02 Å². The predicted octanol–water partition coefficient (Wildman–Crippen LogP) is 5.12. The maximum absolute atomic E-state index is 12.8. The number of hydrogen-bond donors (Lipinski definition) is 2. The number of nitrogens with zero attached hydrogens (tertiary/aromatic N) is 2. The molecule has 156 valence electrons. The van der Waals surface area contributed by atoms with E-state index in [9.17, 15) is 18.0 Å². The zero-order valence-electron chi connectivity index (χ0n) is 15.6. The SMILES string of the molecule is CC(Oc1cc(Cl)cnc1N)c1cccc(NC(=O)c2cccc(C(F)(F)F)n2)c1. The van der Waals surface area contributed by atoms with Gasteiger partial charge in [-0.05, 0) is 36.8 Å². The zero-order valence-corrected chi connectivity index (χ0v) is 16.3. The number of carbonyl (C=O) groups is 1. The van der Waals surface area contributed by atoms with Crippen LogP contribution in [0.3, 0.4) is 0 Å². The van der Waals surface area contributed by atoms with Crippen LogP contribution in [0.5, 0.6) is 5.75 Å². The Morgan fingerprint density at radius 3 is 2.67 bits per heavy atom. The van der Waals surface area contributed by atoms with Crippen LogP contribution < -0.4 is 15.8 Å². The number of aromatic nitrogens is 2. The summed E-state index contributed by atoms with van der Waals surface area (Å²) in [5, 5.41) is 2.90. The first-order valence-corrected chi connectivity index (χ1v) is 9.04. The summed E-state index contributed by atoms with van der Waals surface area (Å²) in [5.74, 6) is -0.293. The summed E-state index contributed by atoms with van der Waals surface area (Å²) in [4.78, 5) is 19.6. The topological polar surface area (TPSA) is 90.1 Å². The molecule has 30 heavy (non-hydrogen) atoms. The molecule has 2 aromatic heterocycles. The van der Waals surface area contributed by atoms with Gasteiger partial charge in [0.25, 0.3) is 5.91 Å². The van der Waals surface area contributed by atoms with Crippen LogP contribution >= 0.6 is 11.6 Å². The van der Waals surface area contributed by atoms with Crippen molar-refractivity contribution >= 4 is 29.0 Å². The summed E-state index contributed by atoms with van der Waals surface area (Å²) in [6, 6.07) is 11.3. The van der Waals surface area contributed by atoms with Crippen molar-refractivity contribution in [3.63, 3.8) is 0 Å². The first-order chi connectivity index (χ1) is 14.1. The van der Waals surface area contributed by atoms with Crippen molar-refractivity contribution in [2.45, 2.75) is 19.2 Å². The smallest absolute Gasteiger partial charge is 0.433 e. The quantitative estimate of drug-likeness (QED) is 0.579. The van der Waals surface area contributed by atoms with E-state index < -0.39 is 23.9 Å². The Balaban J connectivity index is 1.75. The van der Waals surface area contributed by atoms with E-state index in [-0.39, 0.29) is 11.5 Å². The molecule has 3 aromatic rings. The second kappa shape index (κ2) is 8.58. The summed E-state index contributed by atoms with van der Waals surface area (Å²) in [6.07, 6.45) is -3.72. The summed E-state index contributed by atoms with van der Waals surface area (Å²) in [6.45, 7) is 1.76. The molecule has 0 aliphatic carbocycles. The van der Waals surface area contributed by atoms with Crippen molar-refractivity contribution in [3.8, 4) is 5.75 Å². The third kappa shape index (κ3) is 5.18. The second-order valence-electron chi connectivity index (χ2n) is 6.28. The minimum absolute atomic E-state index is 0.173. The molecule has 0 saturated heterocycles. The average Bonchev–Trinajstić information content (AvgIpc) is 2.70. The number of carbonyl (C=O) groups excluding carboxylic acids is 1. The fraction of sp³-hybridized carbons (Fsp3) is 0.150. The van der Waals surface area contributed by atoms with Gasteiger partial charge in [0.2, 0.25) is 0 Å². The Morgan fingerprint density at radius 1 is 1.20 bits per heavy atom. The van der Waals surface area contributed by atoms with Crippen LogP contribution in [0.1, 0.15) is 34.8 Å². The van der Waals surface area contributed by atoms with Crippen LogP contribution in [0.4, 0.5) is 24.7 Å². The van der Waals surface area contributed by atoms with Gasteiger partial charge < -0.3 is 15.8 Å². The van der Waals surface area contributed by atoms with E-state index in [1.165, 1.54) is 18.3 Å². The van der Waals surface area contributed by atoms with Crippen molar-refractivity contribution in [1.82, 2.24) is 9.97 Å². The molecule has 3 N–H and O–H groups in total. The van der Waals surface area contributed by atoms with E-state index in [0.717, 1.165) is 12.1 Å². The van der Waals surface area contributed by atoms with Crippen molar-refractivity contribution in [1.29, 1.82) is 0 Å². The molecule has 6 nitrogen and oxygen atoms in total. The van der Waals surface area contributed by atoms with Gasteiger partial charge in [0.15, 0.2) is 11.6 Å². The number of rotatable bonds is 5. The molecule has 0 saturated carbocycles. The lowest BCUT2D eigenvalue weighted by atomic mass is 10.1. The number of hydrogen-bond acceptors (Lipinski definition) is 5. The molecule has 1 amide bonds. The second-order valence-corrected chi connectivity index (χ2v) is 6.72. The Hall–Kier alpha value is -3.33. The lowest BCUT2D eigenvalue weighted by molar-refractivity contribution is -0.141. The van der Waals surface area contributed by atoms with E-state index in [0.29, 0.717) is 22.0 Å². The van der Waals surface area contributed by atoms with Gasteiger partial charge >= 0.3 is 6.18 Å². The lowest BCUT2D eigenvalue weighted by Crippen LogP contribution is -2.17. The molecule has 10 heteroatoms. The van der Waals surface area contributed by atoms with E-state index in [1.807, 2.05) is 0 Å². The average molecular weight is 437 g/mol. The zero-order chi connectivity index (χ0) is 21.9. The number of anilines is 2. The number of ether oxygens (including phenoxy) is 1. The van der Waals surface area contributed by atoms with Crippen LogP contribution in [0.2, 0.25) is 5.02 Å². The van der Waals surface area contributed by atoms with Gasteiger partial charge in [-0.3, -0.25) is 4.79 Å². The Kier molecular flexibility index (Phi) is 6.12.